The van der Waals surface area contributed by atoms with Crippen molar-refractivity contribution in [2.24, 2.45) is 0 Å². The topological polar surface area (TPSA) is 102 Å². The average Bonchev–Trinajstić information content (AvgIpc) is 2.72. The Labute approximate surface area is 166 Å². The Balaban J connectivity index is 2.01. The molecular formula is C21H18N2O6. The number of carbonyl (C=O) groups is 4. The van der Waals surface area contributed by atoms with Crippen molar-refractivity contribution in [1.82, 2.24) is 5.32 Å². The molecule has 1 heterocycles. The molecule has 1 N–H and O–H groups in total. The molecule has 0 unspecified atom stereocenters. The molecule has 0 spiro atoms. The Hall–Kier alpha value is -3.94. The van der Waals surface area contributed by atoms with Gasteiger partial charge in [0, 0.05) is 18.1 Å². The van der Waals surface area contributed by atoms with Gasteiger partial charge in [-0.15, -0.1) is 0 Å². The lowest BCUT2D eigenvalue weighted by atomic mass is 10.1. The Morgan fingerprint density at radius 3 is 2.59 bits per heavy atom. The second-order valence-electron chi connectivity index (χ2n) is 6.02. The molecule has 148 valence electrons. The van der Waals surface area contributed by atoms with Crippen LogP contribution in [0.5, 0.6) is 11.5 Å². The third-order valence-corrected chi connectivity index (χ3v) is 4.14. The minimum Gasteiger partial charge on any atom is -0.497 e. The summed E-state index contributed by atoms with van der Waals surface area (Å²) in [5, 5.41) is 2.15. The van der Waals surface area contributed by atoms with Crippen molar-refractivity contribution in [3.05, 3.63) is 59.7 Å². The lowest BCUT2D eigenvalue weighted by Crippen LogP contribution is -2.54. The fourth-order valence-corrected chi connectivity index (χ4v) is 2.68. The lowest BCUT2D eigenvalue weighted by molar-refractivity contribution is -0.134. The van der Waals surface area contributed by atoms with Gasteiger partial charge in [0.05, 0.1) is 12.8 Å². The molecule has 1 saturated heterocycles. The van der Waals surface area contributed by atoms with Crippen LogP contribution < -0.4 is 19.7 Å². The van der Waals surface area contributed by atoms with E-state index in [1.165, 1.54) is 19.3 Å². The van der Waals surface area contributed by atoms with Crippen LogP contribution in [0.1, 0.15) is 18.9 Å². The SMILES string of the molecule is CCC(=O)Oc1ccccc1C=C1C(=O)NC(=O)N(c2cccc(OC)c2)C1=O. The summed E-state index contributed by atoms with van der Waals surface area (Å²) in [6.07, 6.45) is 1.46. The Morgan fingerprint density at radius 1 is 1.10 bits per heavy atom. The Morgan fingerprint density at radius 2 is 1.86 bits per heavy atom. The lowest BCUT2D eigenvalue weighted by Gasteiger charge is -2.26. The molecule has 0 bridgehead atoms. The van der Waals surface area contributed by atoms with Crippen LogP contribution in [0.4, 0.5) is 10.5 Å². The minimum atomic E-state index is -0.865. The summed E-state index contributed by atoms with van der Waals surface area (Å²) in [7, 11) is 1.46. The zero-order valence-corrected chi connectivity index (χ0v) is 15.8. The number of para-hydroxylation sites is 1. The van der Waals surface area contributed by atoms with Crippen LogP contribution in [0.25, 0.3) is 6.08 Å². The van der Waals surface area contributed by atoms with Gasteiger partial charge in [-0.2, -0.15) is 0 Å². The molecule has 8 heteroatoms. The van der Waals surface area contributed by atoms with Gasteiger partial charge >= 0.3 is 12.0 Å². The van der Waals surface area contributed by atoms with Gasteiger partial charge in [0.25, 0.3) is 11.8 Å². The number of anilines is 1. The first-order chi connectivity index (χ1) is 13.9. The molecule has 4 amide bonds. The van der Waals surface area contributed by atoms with Gasteiger partial charge in [-0.1, -0.05) is 31.2 Å². The standard InChI is InChI=1S/C21H18N2O6/c1-3-18(24)29-17-10-5-4-7-13(17)11-16-19(25)22-21(27)23(20(16)26)14-8-6-9-15(12-14)28-2/h4-12H,3H2,1-2H3,(H,22,25,27). The number of methoxy groups -OCH3 is 1. The molecule has 3 rings (SSSR count). The predicted octanol–water partition coefficient (Wildman–Crippen LogP) is 2.68. The third kappa shape index (κ3) is 4.16. The number of hydrogen-bond donors (Lipinski definition) is 1. The second-order valence-corrected chi connectivity index (χ2v) is 6.02. The molecule has 0 aromatic heterocycles. The first kappa shape index (κ1) is 19.8. The molecule has 0 aliphatic carbocycles. The summed E-state index contributed by atoms with van der Waals surface area (Å²) >= 11 is 0. The monoisotopic (exact) mass is 394 g/mol. The Bertz CT molecular complexity index is 1030. The number of barbiturate groups is 1. The third-order valence-electron chi connectivity index (χ3n) is 4.14. The number of carbonyl (C=O) groups excluding carboxylic acids is 4. The summed E-state index contributed by atoms with van der Waals surface area (Å²) in [4.78, 5) is 50.1. The molecular weight excluding hydrogens is 376 g/mol. The van der Waals surface area contributed by atoms with E-state index in [0.29, 0.717) is 11.3 Å². The molecule has 1 fully saturated rings. The molecule has 0 saturated carbocycles. The number of hydrogen-bond acceptors (Lipinski definition) is 6. The first-order valence-corrected chi connectivity index (χ1v) is 8.79. The maximum absolute atomic E-state index is 13.0. The first-order valence-electron chi connectivity index (χ1n) is 8.79. The van der Waals surface area contributed by atoms with Crippen LogP contribution in [-0.4, -0.2) is 30.9 Å². The van der Waals surface area contributed by atoms with Gasteiger partial charge in [-0.25, -0.2) is 9.69 Å². The molecule has 2 aromatic carbocycles. The fraction of sp³-hybridized carbons (Fsp3) is 0.143. The number of amides is 4. The van der Waals surface area contributed by atoms with E-state index in [-0.39, 0.29) is 23.4 Å². The van der Waals surface area contributed by atoms with Gasteiger partial charge in [0.15, 0.2) is 0 Å². The number of imide groups is 2. The van der Waals surface area contributed by atoms with Crippen LogP contribution in [0.15, 0.2) is 54.1 Å². The highest BCUT2D eigenvalue weighted by molar-refractivity contribution is 6.39. The molecule has 0 radical (unpaired) electrons. The van der Waals surface area contributed by atoms with Gasteiger partial charge in [-0.3, -0.25) is 19.7 Å². The van der Waals surface area contributed by atoms with Crippen molar-refractivity contribution in [1.29, 1.82) is 0 Å². The van der Waals surface area contributed by atoms with Gasteiger partial charge in [-0.05, 0) is 24.3 Å². The summed E-state index contributed by atoms with van der Waals surface area (Å²) in [5.41, 5.74) is 0.330. The van der Waals surface area contributed by atoms with E-state index < -0.39 is 23.8 Å². The summed E-state index contributed by atoms with van der Waals surface area (Å²) in [6.45, 7) is 1.65. The van der Waals surface area contributed by atoms with Crippen LogP contribution in [0, 0.1) is 0 Å². The average molecular weight is 394 g/mol. The zero-order valence-electron chi connectivity index (χ0n) is 15.8. The van der Waals surface area contributed by atoms with E-state index >= 15 is 0 Å². The van der Waals surface area contributed by atoms with Crippen molar-refractivity contribution >= 4 is 35.6 Å². The van der Waals surface area contributed by atoms with Crippen LogP contribution >= 0.6 is 0 Å². The van der Waals surface area contributed by atoms with E-state index in [2.05, 4.69) is 5.32 Å². The second kappa shape index (κ2) is 8.39. The molecule has 0 atom stereocenters. The summed E-state index contributed by atoms with van der Waals surface area (Å²) < 4.78 is 10.4. The molecule has 8 nitrogen and oxygen atoms in total. The van der Waals surface area contributed by atoms with Crippen LogP contribution in [-0.2, 0) is 14.4 Å². The van der Waals surface area contributed by atoms with E-state index in [0.717, 1.165) is 4.90 Å². The van der Waals surface area contributed by atoms with Crippen LogP contribution in [0.3, 0.4) is 0 Å². The van der Waals surface area contributed by atoms with Crippen molar-refractivity contribution in [3.63, 3.8) is 0 Å². The molecule has 2 aromatic rings. The predicted molar refractivity (Wildman–Crippen MR) is 104 cm³/mol. The summed E-state index contributed by atoms with van der Waals surface area (Å²) in [5.74, 6) is -1.44. The van der Waals surface area contributed by atoms with Gasteiger partial charge in [0.1, 0.15) is 17.1 Å². The largest absolute Gasteiger partial charge is 0.497 e. The van der Waals surface area contributed by atoms with E-state index in [4.69, 9.17) is 9.47 Å². The molecule has 1 aliphatic heterocycles. The number of nitrogens with zero attached hydrogens (tertiary/aromatic N) is 1. The normalized spacial score (nSPS) is 15.3. The van der Waals surface area contributed by atoms with Crippen molar-refractivity contribution in [3.8, 4) is 11.5 Å². The van der Waals surface area contributed by atoms with E-state index in [9.17, 15) is 19.2 Å². The fourth-order valence-electron chi connectivity index (χ4n) is 2.68. The van der Waals surface area contributed by atoms with E-state index in [1.54, 1.807) is 49.4 Å². The zero-order chi connectivity index (χ0) is 21.0. The number of rotatable bonds is 5. The highest BCUT2D eigenvalue weighted by Crippen LogP contribution is 2.27. The van der Waals surface area contributed by atoms with Gasteiger partial charge in [0.2, 0.25) is 0 Å². The molecule has 1 aliphatic rings. The summed E-state index contributed by atoms with van der Waals surface area (Å²) in [6, 6.07) is 11.9. The van der Waals surface area contributed by atoms with Gasteiger partial charge < -0.3 is 9.47 Å². The highest BCUT2D eigenvalue weighted by atomic mass is 16.5. The smallest absolute Gasteiger partial charge is 0.335 e. The number of esters is 1. The Kier molecular flexibility index (Phi) is 5.73. The number of ether oxygens (including phenoxy) is 2. The maximum Gasteiger partial charge on any atom is 0.335 e. The molecule has 29 heavy (non-hydrogen) atoms. The maximum atomic E-state index is 13.0. The van der Waals surface area contributed by atoms with Crippen LogP contribution in [0.2, 0.25) is 0 Å². The number of nitrogens with one attached hydrogen (secondary N) is 1. The quantitative estimate of drug-likeness (QED) is 0.362. The number of urea groups is 1. The van der Waals surface area contributed by atoms with E-state index in [1.807, 2.05) is 0 Å². The highest BCUT2D eigenvalue weighted by Gasteiger charge is 2.37. The van der Waals surface area contributed by atoms with Crippen molar-refractivity contribution < 1.29 is 28.7 Å². The van der Waals surface area contributed by atoms with Crippen molar-refractivity contribution in [2.45, 2.75) is 13.3 Å². The van der Waals surface area contributed by atoms with Crippen molar-refractivity contribution in [2.75, 3.05) is 12.0 Å². The number of benzene rings is 2. The minimum absolute atomic E-state index is 0.169.